The largest absolute Gasteiger partial charge is 0.481 e. The van der Waals surface area contributed by atoms with E-state index in [1.807, 2.05) is 6.92 Å². The van der Waals surface area contributed by atoms with E-state index in [4.69, 9.17) is 25.4 Å². The van der Waals surface area contributed by atoms with Crippen LogP contribution in [0.25, 0.3) is 0 Å². The molecule has 0 unspecified atom stereocenters. The van der Waals surface area contributed by atoms with Crippen LogP contribution in [0.3, 0.4) is 0 Å². The van der Waals surface area contributed by atoms with Gasteiger partial charge in [0.2, 0.25) is 0 Å². The normalized spacial score (nSPS) is 17.5. The maximum Gasteiger partial charge on any atom is 0.307 e. The van der Waals surface area contributed by atoms with Crippen LogP contribution < -0.4 is 5.73 Å². The van der Waals surface area contributed by atoms with Gasteiger partial charge in [-0.3, -0.25) is 28.8 Å². The lowest BCUT2D eigenvalue weighted by Crippen LogP contribution is -2.42. The molecular formula is C34H59NO15. The maximum atomic E-state index is 13.0. The maximum absolute atomic E-state index is 13.0. The Morgan fingerprint density at radius 1 is 0.620 bits per heavy atom. The lowest BCUT2D eigenvalue weighted by molar-refractivity contribution is -0.177. The van der Waals surface area contributed by atoms with E-state index in [1.54, 1.807) is 20.8 Å². The molecule has 0 aromatic carbocycles. The van der Waals surface area contributed by atoms with Gasteiger partial charge < -0.3 is 51.0 Å². The first-order valence-electron chi connectivity index (χ1n) is 17.3. The standard InChI is InChI=1S/C34H59NO15/c1-5-6-9-20(3)32(50-31(44)17-23(34(47)48)15-29(41)42)27(49-30(43)16-22(33(45)46)14-28(39)40)13-19(2)12-24(36)10-7-8-11-25(37)18-26(38)21(4)35/h19-27,32,36-38H,5-18,35H2,1-4H3,(H,39,40)(H,41,42)(H,45,46)(H,47,48)/t19-,20+,21-,22-,23-,24+,25-,26+,27-,32-/m1/s1/i1+1,2+1,3+1,4+1,5+1,6+1,7+1,8+1,9+1,10+1,11+1,12+1,13+1,14+1,15+1,16+1,17+1,18+1,19+1,20+1,21+1,22+1,23+1,24+1,25+1,26+1,27+1,28+1,29+1,30+1,31+1,32+1,33+1,34+1. The predicted octanol–water partition coefficient (Wildman–Crippen LogP) is 2.56. The van der Waals surface area contributed by atoms with E-state index in [-0.39, 0.29) is 25.2 Å². The van der Waals surface area contributed by atoms with Gasteiger partial charge in [0, 0.05) is 12.5 Å². The summed E-state index contributed by atoms with van der Waals surface area (Å²) < 4.78 is 11.4. The molecule has 0 rings (SSSR count). The first-order chi connectivity index (χ1) is 23.3. The lowest BCUT2D eigenvalue weighted by atomic mass is 10.8. The molecule has 16 heteroatoms. The summed E-state index contributed by atoms with van der Waals surface area (Å²) in [6.07, 6.45) is -3.74. The smallest absolute Gasteiger partial charge is 0.307 e. The molecule has 9 N–H and O–H groups in total. The number of unbranched alkanes of at least 4 members (excludes halogenated alkanes) is 2. The van der Waals surface area contributed by atoms with Gasteiger partial charge in [-0.05, 0) is 50.9 Å². The highest BCUT2D eigenvalue weighted by atomic mass is 16.8. The molecule has 0 fully saturated rings. The number of aliphatic carboxylic acids is 4. The third-order valence-electron chi connectivity index (χ3n) is 8.61. The number of aliphatic hydroxyl groups is 3. The Morgan fingerprint density at radius 3 is 1.50 bits per heavy atom. The number of carbonyl (C=O) groups is 6. The Hall–Kier alpha value is -3.34. The molecule has 290 valence electrons. The van der Waals surface area contributed by atoms with Gasteiger partial charge in [0.25, 0.3) is 0 Å². The van der Waals surface area contributed by atoms with Crippen LogP contribution in [0.1, 0.15) is 118 Å². The van der Waals surface area contributed by atoms with Gasteiger partial charge >= 0.3 is 35.8 Å². The van der Waals surface area contributed by atoms with E-state index in [0.717, 1.165) is 6.42 Å². The molecule has 0 aromatic heterocycles. The van der Waals surface area contributed by atoms with Crippen molar-refractivity contribution in [3.8, 4) is 0 Å². The number of carboxylic acid groups (broad SMARTS) is 4. The van der Waals surface area contributed by atoms with Crippen LogP contribution in [0.5, 0.6) is 0 Å². The molecule has 16 nitrogen and oxygen atoms in total. The van der Waals surface area contributed by atoms with Crippen molar-refractivity contribution in [2.24, 2.45) is 29.4 Å². The Balaban J connectivity index is 5.98. The number of hydrogen-bond donors (Lipinski definition) is 8. The number of rotatable bonds is 29. The SMILES string of the molecule is [13CH3][13CH2][13CH2][13CH2][13C@H]([13CH3])[13C@@H](O[13C](=O)[13CH2][13C@@H]([13CH2][13C](=O)O)[13C](=O)O)[13C@@H]([13CH2][13C@H]([13CH3])[13CH2][13C@@H](O)[13CH2][13CH2][13CH2][13CH2][13C@@H](O)[13CH2][13C@H](O)[13C@@H]([13CH3])N)O[13C](=O)[13CH2][13C@@H]([13CH2][13C](=O)O)[13C](=O)O. The van der Waals surface area contributed by atoms with Crippen LogP contribution in [-0.4, -0.2) is 108 Å². The summed E-state index contributed by atoms with van der Waals surface area (Å²) >= 11 is 0. The quantitative estimate of drug-likeness (QED) is 0.0309. The number of aliphatic hydroxyl groups excluding tert-OH is 3. The Bertz CT molecular complexity index is 1070. The molecule has 0 aliphatic rings. The topological polar surface area (TPSA) is 289 Å². The third kappa shape index (κ3) is 21.0. The van der Waals surface area contributed by atoms with Crippen molar-refractivity contribution in [2.45, 2.75) is 154 Å². The molecule has 0 radical (unpaired) electrons. The monoisotopic (exact) mass is 756 g/mol. The summed E-state index contributed by atoms with van der Waals surface area (Å²) in [5, 5.41) is 67.8. The van der Waals surface area contributed by atoms with Crippen molar-refractivity contribution in [2.75, 3.05) is 0 Å². The van der Waals surface area contributed by atoms with Crippen LogP contribution in [0.2, 0.25) is 0 Å². The van der Waals surface area contributed by atoms with Crippen molar-refractivity contribution in [1.29, 1.82) is 0 Å². The molecule has 0 spiro atoms. The fourth-order valence-corrected chi connectivity index (χ4v) is 5.68. The minimum atomic E-state index is -1.59. The van der Waals surface area contributed by atoms with E-state index in [0.29, 0.717) is 38.5 Å². The van der Waals surface area contributed by atoms with Gasteiger partial charge in [-0.25, -0.2) is 0 Å². The molecule has 0 aliphatic heterocycles. The van der Waals surface area contributed by atoms with Crippen molar-refractivity contribution in [3.05, 3.63) is 0 Å². The summed E-state index contributed by atoms with van der Waals surface area (Å²) in [6, 6.07) is -0.476. The summed E-state index contributed by atoms with van der Waals surface area (Å²) in [7, 11) is 0. The zero-order valence-corrected chi connectivity index (χ0v) is 29.6. The molecular weight excluding hydrogens is 696 g/mol. The summed E-state index contributed by atoms with van der Waals surface area (Å²) in [5.41, 5.74) is 5.63. The van der Waals surface area contributed by atoms with Gasteiger partial charge in [0.05, 0.1) is 55.8 Å². The first kappa shape index (κ1) is 46.7. The minimum Gasteiger partial charge on any atom is -0.481 e. The van der Waals surface area contributed by atoms with Crippen molar-refractivity contribution in [3.63, 3.8) is 0 Å². The predicted molar refractivity (Wildman–Crippen MR) is 178 cm³/mol. The number of esters is 2. The second kappa shape index (κ2) is 24.7. The number of hydrogen-bond acceptors (Lipinski definition) is 12. The molecule has 0 amide bonds. The number of ether oxygens (including phenoxy) is 2. The summed E-state index contributed by atoms with van der Waals surface area (Å²) in [6.45, 7) is 7.06. The average molecular weight is 756 g/mol. The zero-order valence-electron chi connectivity index (χ0n) is 29.6. The molecule has 0 bridgehead atoms. The van der Waals surface area contributed by atoms with Crippen LogP contribution in [0.15, 0.2) is 0 Å². The molecule has 0 saturated heterocycles. The van der Waals surface area contributed by atoms with Gasteiger partial charge in [-0.1, -0.05) is 46.5 Å². The Morgan fingerprint density at radius 2 is 1.08 bits per heavy atom. The average Bonchev–Trinajstić information content (AvgIpc) is 2.99. The zero-order chi connectivity index (χ0) is 38.6. The van der Waals surface area contributed by atoms with E-state index in [9.17, 15) is 54.3 Å². The number of nitrogens with two attached hydrogens (primary N) is 1. The highest BCUT2D eigenvalue weighted by molar-refractivity contribution is 5.83. The van der Waals surface area contributed by atoms with Gasteiger partial charge in [0.15, 0.2) is 0 Å². The minimum absolute atomic E-state index is 0.0270. The van der Waals surface area contributed by atoms with Crippen LogP contribution in [-0.2, 0) is 38.2 Å². The van der Waals surface area contributed by atoms with E-state index < -0.39 is 116 Å². The second-order valence-electron chi connectivity index (χ2n) is 13.6. The van der Waals surface area contributed by atoms with Crippen molar-refractivity contribution >= 4 is 35.8 Å². The van der Waals surface area contributed by atoms with Crippen LogP contribution >= 0.6 is 0 Å². The van der Waals surface area contributed by atoms with E-state index in [1.165, 1.54) is 0 Å². The molecule has 0 aliphatic carbocycles. The Kier molecular flexibility index (Phi) is 23.1. The molecule has 50 heavy (non-hydrogen) atoms. The van der Waals surface area contributed by atoms with E-state index in [2.05, 4.69) is 0 Å². The number of carboxylic acids is 4. The Labute approximate surface area is 293 Å². The highest BCUT2D eigenvalue weighted by Gasteiger charge is 2.37. The second-order valence-corrected chi connectivity index (χ2v) is 13.6. The fraction of sp³-hybridized carbons (Fsp3) is 0.824. The first-order valence-corrected chi connectivity index (χ1v) is 17.3. The van der Waals surface area contributed by atoms with Crippen molar-refractivity contribution in [1.82, 2.24) is 0 Å². The molecule has 0 heterocycles. The summed E-state index contributed by atoms with van der Waals surface area (Å²) in [5.74, 6) is -12.0. The molecule has 0 aromatic rings. The highest BCUT2D eigenvalue weighted by Crippen LogP contribution is 2.29. The number of carbonyl (C=O) groups excluding carboxylic acids is 2. The fourth-order valence-electron chi connectivity index (χ4n) is 5.68. The lowest BCUT2D eigenvalue weighted by Gasteiger charge is -2.33. The van der Waals surface area contributed by atoms with Crippen LogP contribution in [0, 0.1) is 23.7 Å². The van der Waals surface area contributed by atoms with Gasteiger partial charge in [0.1, 0.15) is 12.2 Å². The molecule has 0 saturated carbocycles. The van der Waals surface area contributed by atoms with Gasteiger partial charge in [-0.15, -0.1) is 0 Å². The van der Waals surface area contributed by atoms with Gasteiger partial charge in [-0.2, -0.15) is 0 Å². The summed E-state index contributed by atoms with van der Waals surface area (Å²) in [4.78, 5) is 71.6. The van der Waals surface area contributed by atoms with E-state index >= 15 is 0 Å². The van der Waals surface area contributed by atoms with Crippen LogP contribution in [0.4, 0.5) is 0 Å². The van der Waals surface area contributed by atoms with Crippen molar-refractivity contribution < 1.29 is 74.0 Å². The third-order valence-corrected chi connectivity index (χ3v) is 8.61. The molecule has 10 atom stereocenters.